The molecule has 0 N–H and O–H groups in total. The molecule has 0 spiro atoms. The van der Waals surface area contributed by atoms with E-state index in [0.717, 1.165) is 19.5 Å². The molecule has 0 aliphatic carbocycles. The van der Waals surface area contributed by atoms with Crippen LogP contribution in [0.2, 0.25) is 0 Å². The zero-order valence-electron chi connectivity index (χ0n) is 14.9. The molecule has 4 rings (SSSR count). The summed E-state index contributed by atoms with van der Waals surface area (Å²) >= 11 is 2.35. The Bertz CT molecular complexity index is 945. The van der Waals surface area contributed by atoms with Crippen molar-refractivity contribution in [2.75, 3.05) is 18.5 Å². The minimum absolute atomic E-state index is 0.881. The van der Waals surface area contributed by atoms with Crippen molar-refractivity contribution >= 4 is 40.4 Å². The second-order valence-corrected chi connectivity index (χ2v) is 8.02. The van der Waals surface area contributed by atoms with Gasteiger partial charge in [0.05, 0.1) is 0 Å². The first-order chi connectivity index (χ1) is 12.7. The first kappa shape index (κ1) is 17.3. The molecule has 1 aliphatic rings. The molecule has 1 aliphatic heterocycles. The summed E-state index contributed by atoms with van der Waals surface area (Å²) in [6, 6.07) is 21.9. The fraction of sp³-hybridized carbons (Fsp3) is 0.174. The van der Waals surface area contributed by atoms with E-state index in [1.807, 2.05) is 0 Å². The van der Waals surface area contributed by atoms with Crippen LogP contribution in [-0.2, 0) is 13.0 Å². The van der Waals surface area contributed by atoms with Crippen molar-refractivity contribution in [1.82, 2.24) is 0 Å². The molecule has 3 heteroatoms. The van der Waals surface area contributed by atoms with Crippen LogP contribution in [-0.4, -0.2) is 13.6 Å². The minimum atomic E-state index is 0.881. The average molecular weight is 453 g/mol. The summed E-state index contributed by atoms with van der Waals surface area (Å²) in [5.41, 5.74) is 6.62. The maximum absolute atomic E-state index is 2.35. The molecule has 2 aromatic carbocycles. The Labute approximate surface area is 168 Å². The summed E-state index contributed by atoms with van der Waals surface area (Å²) in [6.45, 7) is 2.00. The summed E-state index contributed by atoms with van der Waals surface area (Å²) < 4.78 is 3.56. The van der Waals surface area contributed by atoms with E-state index >= 15 is 0 Å². The van der Waals surface area contributed by atoms with Crippen LogP contribution in [0.3, 0.4) is 0 Å². The molecule has 3 aromatic rings. The highest BCUT2D eigenvalue weighted by Crippen LogP contribution is 2.27. The van der Waals surface area contributed by atoms with Gasteiger partial charge in [0.25, 0.3) is 0 Å². The van der Waals surface area contributed by atoms with Gasteiger partial charge < -0.3 is 4.90 Å². The fourth-order valence-electron chi connectivity index (χ4n) is 3.44. The lowest BCUT2D eigenvalue weighted by Crippen LogP contribution is -2.36. The molecule has 130 valence electrons. The molecule has 0 fully saturated rings. The Morgan fingerprint density at radius 2 is 1.88 bits per heavy atom. The second-order valence-electron chi connectivity index (χ2n) is 6.77. The number of aromatic nitrogens is 1. The molecule has 0 amide bonds. The van der Waals surface area contributed by atoms with Crippen molar-refractivity contribution in [3.05, 3.63) is 92.8 Å². The van der Waals surface area contributed by atoms with Gasteiger partial charge in [0.2, 0.25) is 5.69 Å². The van der Waals surface area contributed by atoms with Gasteiger partial charge in [-0.25, -0.2) is 0 Å². The van der Waals surface area contributed by atoms with Gasteiger partial charge >= 0.3 is 0 Å². The highest BCUT2D eigenvalue weighted by molar-refractivity contribution is 14.1. The number of likely N-dealkylation sites (N-methyl/N-ethyl adjacent to an activating group) is 1. The number of halogens is 1. The van der Waals surface area contributed by atoms with Gasteiger partial charge in [0.1, 0.15) is 0 Å². The van der Waals surface area contributed by atoms with Crippen molar-refractivity contribution in [3.8, 4) is 0 Å². The lowest BCUT2D eigenvalue weighted by Gasteiger charge is -2.11. The molecule has 1 aromatic heterocycles. The molecule has 2 nitrogen and oxygen atoms in total. The Morgan fingerprint density at radius 3 is 2.73 bits per heavy atom. The fourth-order valence-corrected chi connectivity index (χ4v) is 3.80. The largest absolute Gasteiger partial charge is 0.374 e. The van der Waals surface area contributed by atoms with Gasteiger partial charge in [-0.3, -0.25) is 0 Å². The Balaban J connectivity index is 1.57. The van der Waals surface area contributed by atoms with Crippen molar-refractivity contribution in [2.24, 2.45) is 0 Å². The highest BCUT2D eigenvalue weighted by atomic mass is 127. The number of fused-ring (bicyclic) bond motifs is 1. The number of anilines is 1. The molecule has 0 bridgehead atoms. The maximum Gasteiger partial charge on any atom is 0.205 e. The number of pyridine rings is 1. The summed E-state index contributed by atoms with van der Waals surface area (Å²) in [4.78, 5) is 2.33. The van der Waals surface area contributed by atoms with Crippen LogP contribution in [0.1, 0.15) is 22.4 Å². The van der Waals surface area contributed by atoms with Crippen LogP contribution in [0.25, 0.3) is 12.2 Å². The lowest BCUT2D eigenvalue weighted by molar-refractivity contribution is -0.690. The van der Waals surface area contributed by atoms with Gasteiger partial charge in [-0.15, -0.1) is 0 Å². The monoisotopic (exact) mass is 453 g/mol. The third kappa shape index (κ3) is 3.83. The first-order valence-corrected chi connectivity index (χ1v) is 10.0. The molecule has 0 atom stereocenters. The Morgan fingerprint density at radius 1 is 1.04 bits per heavy atom. The van der Waals surface area contributed by atoms with E-state index < -0.39 is 0 Å². The smallest absolute Gasteiger partial charge is 0.205 e. The SMILES string of the molecule is CN1CCc2cc(/C=C/c3cccc[n+]3Cc3ccc(I)cc3)ccc21. The van der Waals surface area contributed by atoms with Crippen molar-refractivity contribution in [3.63, 3.8) is 0 Å². The molecular weight excluding hydrogens is 431 g/mol. The normalized spacial score (nSPS) is 13.4. The number of nitrogens with zero attached hydrogens (tertiary/aromatic N) is 2. The van der Waals surface area contributed by atoms with E-state index in [1.165, 1.54) is 31.6 Å². The minimum Gasteiger partial charge on any atom is -0.374 e. The van der Waals surface area contributed by atoms with Crippen molar-refractivity contribution in [2.45, 2.75) is 13.0 Å². The Kier molecular flexibility index (Phi) is 5.07. The first-order valence-electron chi connectivity index (χ1n) is 8.94. The number of hydrogen-bond donors (Lipinski definition) is 0. The number of benzene rings is 2. The van der Waals surface area contributed by atoms with Crippen LogP contribution >= 0.6 is 22.6 Å². The van der Waals surface area contributed by atoms with E-state index in [9.17, 15) is 0 Å². The second kappa shape index (κ2) is 7.62. The summed E-state index contributed by atoms with van der Waals surface area (Å²) in [7, 11) is 2.17. The van der Waals surface area contributed by atoms with E-state index in [0.29, 0.717) is 0 Å². The molecular formula is C23H22IN2+. The van der Waals surface area contributed by atoms with Crippen LogP contribution < -0.4 is 9.47 Å². The predicted octanol–water partition coefficient (Wildman–Crippen LogP) is 4.79. The molecule has 0 unspecified atom stereocenters. The van der Waals surface area contributed by atoms with E-state index in [1.54, 1.807) is 0 Å². The van der Waals surface area contributed by atoms with Crippen LogP contribution in [0.15, 0.2) is 66.9 Å². The molecule has 0 saturated heterocycles. The van der Waals surface area contributed by atoms with E-state index in [4.69, 9.17) is 0 Å². The molecule has 0 radical (unpaired) electrons. The van der Waals surface area contributed by atoms with Crippen molar-refractivity contribution in [1.29, 1.82) is 0 Å². The van der Waals surface area contributed by atoms with Crippen LogP contribution in [0, 0.1) is 3.57 Å². The third-order valence-electron chi connectivity index (χ3n) is 4.92. The third-order valence-corrected chi connectivity index (χ3v) is 5.64. The van der Waals surface area contributed by atoms with Crippen LogP contribution in [0.5, 0.6) is 0 Å². The lowest BCUT2D eigenvalue weighted by atomic mass is 10.1. The summed E-state index contributed by atoms with van der Waals surface area (Å²) in [5, 5.41) is 0. The molecule has 2 heterocycles. The quantitative estimate of drug-likeness (QED) is 0.407. The molecule has 0 saturated carbocycles. The van der Waals surface area contributed by atoms with Crippen molar-refractivity contribution < 1.29 is 4.57 Å². The average Bonchev–Trinajstić information content (AvgIpc) is 3.03. The van der Waals surface area contributed by atoms with Gasteiger partial charge in [0.15, 0.2) is 12.7 Å². The molecule has 26 heavy (non-hydrogen) atoms. The highest BCUT2D eigenvalue weighted by Gasteiger charge is 2.15. The van der Waals surface area contributed by atoms with Gasteiger partial charge in [-0.1, -0.05) is 18.2 Å². The maximum atomic E-state index is 2.35. The van der Waals surface area contributed by atoms with Gasteiger partial charge in [-0.05, 0) is 76.5 Å². The van der Waals surface area contributed by atoms with E-state index in [-0.39, 0.29) is 0 Å². The van der Waals surface area contributed by atoms with E-state index in [2.05, 4.69) is 118 Å². The zero-order valence-corrected chi connectivity index (χ0v) is 17.1. The van der Waals surface area contributed by atoms with Gasteiger partial charge in [0, 0.05) is 46.6 Å². The van der Waals surface area contributed by atoms with Gasteiger partial charge in [-0.2, -0.15) is 4.57 Å². The number of rotatable bonds is 4. The number of hydrogen-bond acceptors (Lipinski definition) is 1. The predicted molar refractivity (Wildman–Crippen MR) is 117 cm³/mol. The zero-order chi connectivity index (χ0) is 17.9. The van der Waals surface area contributed by atoms with Crippen LogP contribution in [0.4, 0.5) is 5.69 Å². The standard InChI is InChI=1S/C23H22IN2/c1-25-15-13-20-16-18(8-12-23(20)25)7-11-22-4-2-3-14-26(22)17-19-5-9-21(24)10-6-19/h2-12,14,16H,13,15,17H2,1H3/q+1. The topological polar surface area (TPSA) is 7.12 Å². The Hall–Kier alpha value is -2.14. The summed E-state index contributed by atoms with van der Waals surface area (Å²) in [6.07, 6.45) is 7.73. The summed E-state index contributed by atoms with van der Waals surface area (Å²) in [5.74, 6) is 0.